The molecule has 3 atom stereocenters. The summed E-state index contributed by atoms with van der Waals surface area (Å²) in [6.07, 6.45) is 4.03. The summed E-state index contributed by atoms with van der Waals surface area (Å²) in [5, 5.41) is 12.7. The van der Waals surface area contributed by atoms with Crippen molar-refractivity contribution < 1.29 is 9.90 Å². The maximum Gasteiger partial charge on any atom is 0.303 e. The van der Waals surface area contributed by atoms with Crippen LogP contribution in [0.2, 0.25) is 0 Å². The number of nitrogens with one attached hydrogen (secondary N) is 1. The smallest absolute Gasteiger partial charge is 0.303 e. The molecule has 4 heteroatoms. The first-order valence-electron chi connectivity index (χ1n) is 8.15. The van der Waals surface area contributed by atoms with E-state index in [0.717, 1.165) is 32.0 Å². The molecule has 1 aliphatic heterocycles. The third kappa shape index (κ3) is 4.74. The number of hydrogen-bond donors (Lipinski definition) is 2. The van der Waals surface area contributed by atoms with Crippen LogP contribution in [-0.4, -0.2) is 47.7 Å². The van der Waals surface area contributed by atoms with Crippen LogP contribution in [0.5, 0.6) is 0 Å². The molecule has 2 N–H and O–H groups in total. The number of carboxylic acid groups (broad SMARTS) is 1. The molecule has 3 unspecified atom stereocenters. The lowest BCUT2D eigenvalue weighted by atomic mass is 9.90. The number of likely N-dealkylation sites (tertiary alicyclic amines) is 1. The van der Waals surface area contributed by atoms with Gasteiger partial charge in [-0.05, 0) is 50.5 Å². The van der Waals surface area contributed by atoms with Crippen molar-refractivity contribution in [2.45, 2.75) is 58.5 Å². The highest BCUT2D eigenvalue weighted by Gasteiger charge is 2.37. The fourth-order valence-electron chi connectivity index (χ4n) is 3.40. The Kier molecular flexibility index (Phi) is 5.44. The number of hydrogen-bond acceptors (Lipinski definition) is 3. The van der Waals surface area contributed by atoms with Gasteiger partial charge >= 0.3 is 5.97 Å². The predicted octanol–water partition coefficient (Wildman–Crippen LogP) is 2.20. The summed E-state index contributed by atoms with van der Waals surface area (Å²) in [6.45, 7) is 9.82. The molecule has 20 heavy (non-hydrogen) atoms. The van der Waals surface area contributed by atoms with Gasteiger partial charge in [0, 0.05) is 31.6 Å². The lowest BCUT2D eigenvalue weighted by molar-refractivity contribution is -0.138. The third-order valence-electron chi connectivity index (χ3n) is 4.72. The summed E-state index contributed by atoms with van der Waals surface area (Å²) in [6, 6.07) is 1.08. The summed E-state index contributed by atoms with van der Waals surface area (Å²) in [5.41, 5.74) is 0. The van der Waals surface area contributed by atoms with Crippen molar-refractivity contribution in [3.63, 3.8) is 0 Å². The van der Waals surface area contributed by atoms with Gasteiger partial charge in [-0.25, -0.2) is 0 Å². The summed E-state index contributed by atoms with van der Waals surface area (Å²) in [7, 11) is 0. The van der Waals surface area contributed by atoms with Gasteiger partial charge in [-0.2, -0.15) is 0 Å². The van der Waals surface area contributed by atoms with Gasteiger partial charge < -0.3 is 10.4 Å². The molecule has 2 fully saturated rings. The van der Waals surface area contributed by atoms with Crippen molar-refractivity contribution in [2.24, 2.45) is 17.8 Å². The van der Waals surface area contributed by atoms with Gasteiger partial charge in [-0.1, -0.05) is 13.8 Å². The van der Waals surface area contributed by atoms with Crippen LogP contribution >= 0.6 is 0 Å². The maximum absolute atomic E-state index is 11.0. The Bertz CT molecular complexity index is 328. The van der Waals surface area contributed by atoms with E-state index in [1.54, 1.807) is 0 Å². The molecule has 1 saturated carbocycles. The third-order valence-corrected chi connectivity index (χ3v) is 4.72. The summed E-state index contributed by atoms with van der Waals surface area (Å²) >= 11 is 0. The number of piperidine rings is 1. The predicted molar refractivity (Wildman–Crippen MR) is 80.7 cm³/mol. The van der Waals surface area contributed by atoms with Crippen LogP contribution in [0, 0.1) is 17.8 Å². The Labute approximate surface area is 122 Å². The van der Waals surface area contributed by atoms with E-state index in [2.05, 4.69) is 31.0 Å². The molecule has 0 radical (unpaired) electrons. The Morgan fingerprint density at radius 3 is 2.55 bits per heavy atom. The Hall–Kier alpha value is -0.610. The molecule has 1 saturated heterocycles. The van der Waals surface area contributed by atoms with E-state index in [0.29, 0.717) is 30.3 Å². The molecule has 4 nitrogen and oxygen atoms in total. The molecular weight excluding hydrogens is 252 g/mol. The number of carbonyl (C=O) groups is 1. The molecule has 0 bridgehead atoms. The SMILES string of the molecule is CC(C)CNC1CC(CC(=O)O)CN(C(C)C2CC2)C1. The highest BCUT2D eigenvalue weighted by Crippen LogP contribution is 2.36. The van der Waals surface area contributed by atoms with Crippen LogP contribution in [-0.2, 0) is 4.79 Å². The van der Waals surface area contributed by atoms with Gasteiger partial charge in [-0.3, -0.25) is 9.69 Å². The first-order valence-corrected chi connectivity index (χ1v) is 8.15. The number of carboxylic acids is 1. The molecule has 0 aromatic heterocycles. The van der Waals surface area contributed by atoms with E-state index in [4.69, 9.17) is 5.11 Å². The maximum atomic E-state index is 11.0. The van der Waals surface area contributed by atoms with Crippen LogP contribution in [0.25, 0.3) is 0 Å². The lowest BCUT2D eigenvalue weighted by Gasteiger charge is -2.41. The van der Waals surface area contributed by atoms with Gasteiger partial charge in [0.05, 0.1) is 0 Å². The Balaban J connectivity index is 1.92. The van der Waals surface area contributed by atoms with Gasteiger partial charge in [0.1, 0.15) is 0 Å². The van der Waals surface area contributed by atoms with E-state index < -0.39 is 5.97 Å². The Morgan fingerprint density at radius 2 is 2.00 bits per heavy atom. The van der Waals surface area contributed by atoms with Crippen molar-refractivity contribution in [1.82, 2.24) is 10.2 Å². The first-order chi connectivity index (χ1) is 9.45. The molecule has 0 aromatic rings. The zero-order valence-electron chi connectivity index (χ0n) is 13.1. The number of rotatable bonds is 7. The highest BCUT2D eigenvalue weighted by molar-refractivity contribution is 5.67. The molecule has 1 aliphatic carbocycles. The van der Waals surface area contributed by atoms with Crippen molar-refractivity contribution in [3.8, 4) is 0 Å². The zero-order valence-corrected chi connectivity index (χ0v) is 13.1. The molecule has 0 aromatic carbocycles. The summed E-state index contributed by atoms with van der Waals surface area (Å²) < 4.78 is 0. The lowest BCUT2D eigenvalue weighted by Crippen LogP contribution is -2.53. The van der Waals surface area contributed by atoms with Crippen LogP contribution in [0.4, 0.5) is 0 Å². The highest BCUT2D eigenvalue weighted by atomic mass is 16.4. The van der Waals surface area contributed by atoms with Crippen LogP contribution < -0.4 is 5.32 Å². The molecular formula is C16H30N2O2. The fraction of sp³-hybridized carbons (Fsp3) is 0.938. The van der Waals surface area contributed by atoms with Crippen molar-refractivity contribution in [2.75, 3.05) is 19.6 Å². The molecule has 0 amide bonds. The summed E-state index contributed by atoms with van der Waals surface area (Å²) in [5.74, 6) is 1.14. The minimum atomic E-state index is -0.654. The van der Waals surface area contributed by atoms with E-state index in [1.165, 1.54) is 12.8 Å². The standard InChI is InChI=1S/C16H30N2O2/c1-11(2)8-17-15-6-13(7-16(19)20)9-18(10-15)12(3)14-4-5-14/h11-15,17H,4-10H2,1-3H3,(H,19,20). The average molecular weight is 282 g/mol. The molecule has 116 valence electrons. The van der Waals surface area contributed by atoms with Crippen molar-refractivity contribution in [3.05, 3.63) is 0 Å². The topological polar surface area (TPSA) is 52.6 Å². The van der Waals surface area contributed by atoms with Gasteiger partial charge in [0.25, 0.3) is 0 Å². The number of aliphatic carboxylic acids is 1. The van der Waals surface area contributed by atoms with Crippen molar-refractivity contribution in [1.29, 1.82) is 0 Å². The first kappa shape index (κ1) is 15.8. The monoisotopic (exact) mass is 282 g/mol. The minimum absolute atomic E-state index is 0.298. The van der Waals surface area contributed by atoms with E-state index in [1.807, 2.05) is 0 Å². The van der Waals surface area contributed by atoms with Crippen LogP contribution in [0.1, 0.15) is 46.5 Å². The zero-order chi connectivity index (χ0) is 14.7. The van der Waals surface area contributed by atoms with Crippen LogP contribution in [0.3, 0.4) is 0 Å². The normalized spacial score (nSPS) is 29.6. The second-order valence-electron chi connectivity index (χ2n) is 7.23. The Morgan fingerprint density at radius 1 is 1.30 bits per heavy atom. The number of nitrogens with zero attached hydrogens (tertiary/aromatic N) is 1. The molecule has 2 rings (SSSR count). The quantitative estimate of drug-likeness (QED) is 0.751. The largest absolute Gasteiger partial charge is 0.481 e. The molecule has 2 aliphatic rings. The van der Waals surface area contributed by atoms with Gasteiger partial charge in [0.2, 0.25) is 0 Å². The minimum Gasteiger partial charge on any atom is -0.481 e. The summed E-state index contributed by atoms with van der Waals surface area (Å²) in [4.78, 5) is 13.6. The van der Waals surface area contributed by atoms with E-state index >= 15 is 0 Å². The van der Waals surface area contributed by atoms with E-state index in [9.17, 15) is 4.79 Å². The van der Waals surface area contributed by atoms with Crippen LogP contribution in [0.15, 0.2) is 0 Å². The second kappa shape index (κ2) is 6.90. The molecule has 1 heterocycles. The van der Waals surface area contributed by atoms with Crippen molar-refractivity contribution >= 4 is 5.97 Å². The average Bonchev–Trinajstić information content (AvgIpc) is 3.18. The van der Waals surface area contributed by atoms with Gasteiger partial charge in [0.15, 0.2) is 0 Å². The van der Waals surface area contributed by atoms with Gasteiger partial charge in [-0.15, -0.1) is 0 Å². The molecule has 0 spiro atoms. The fourth-order valence-corrected chi connectivity index (χ4v) is 3.40. The second-order valence-corrected chi connectivity index (χ2v) is 7.23. The van der Waals surface area contributed by atoms with E-state index in [-0.39, 0.29) is 0 Å².